The SMILES string of the molecule is COc1ccc(CN2C[C@@H]3CC=CC[C@H]2CN3c2ccc3ccccc3c2)c(OC)c1. The number of piperazine rings is 1. The highest BCUT2D eigenvalue weighted by Crippen LogP contribution is 2.33. The molecular formula is C27H30N2O2. The molecule has 0 amide bonds. The van der Waals surface area contributed by atoms with E-state index in [1.54, 1.807) is 14.2 Å². The van der Waals surface area contributed by atoms with E-state index in [2.05, 4.69) is 70.5 Å². The molecule has 0 radical (unpaired) electrons. The van der Waals surface area contributed by atoms with E-state index in [9.17, 15) is 0 Å². The summed E-state index contributed by atoms with van der Waals surface area (Å²) in [6, 6.07) is 22.6. The molecule has 6 rings (SSSR count). The van der Waals surface area contributed by atoms with Crippen molar-refractivity contribution in [1.29, 1.82) is 0 Å². The predicted molar refractivity (Wildman–Crippen MR) is 127 cm³/mol. The number of anilines is 1. The van der Waals surface area contributed by atoms with Crippen molar-refractivity contribution in [3.05, 3.63) is 78.4 Å². The molecule has 3 aliphatic heterocycles. The zero-order chi connectivity index (χ0) is 21.2. The second-order valence-electron chi connectivity index (χ2n) is 8.54. The molecule has 1 fully saturated rings. The largest absolute Gasteiger partial charge is 0.497 e. The third-order valence-corrected chi connectivity index (χ3v) is 6.73. The van der Waals surface area contributed by atoms with E-state index in [-0.39, 0.29) is 0 Å². The number of rotatable bonds is 5. The standard InChI is InChI=1S/C27H30N2O2/c1-30-26-14-12-22(27(16-26)31-2)17-28-18-25-10-6-5-9-24(28)19-29(25)23-13-11-20-7-3-4-8-21(20)15-23/h3-8,11-16,24-25H,9-10,17-19H2,1-2H3/t24-,25-/m0/s1. The van der Waals surface area contributed by atoms with Gasteiger partial charge in [0.1, 0.15) is 11.5 Å². The Bertz CT molecular complexity index is 1090. The molecule has 3 aliphatic rings. The van der Waals surface area contributed by atoms with Crippen LogP contribution in [0.5, 0.6) is 11.5 Å². The molecule has 4 heteroatoms. The van der Waals surface area contributed by atoms with E-state index in [0.29, 0.717) is 12.1 Å². The van der Waals surface area contributed by atoms with Gasteiger partial charge >= 0.3 is 0 Å². The Kier molecular flexibility index (Phi) is 5.56. The summed E-state index contributed by atoms with van der Waals surface area (Å²) in [6.07, 6.45) is 6.90. The number of hydrogen-bond acceptors (Lipinski definition) is 4. The summed E-state index contributed by atoms with van der Waals surface area (Å²) in [6.45, 7) is 3.00. The Morgan fingerprint density at radius 3 is 2.42 bits per heavy atom. The normalized spacial score (nSPS) is 21.2. The van der Waals surface area contributed by atoms with Gasteiger partial charge in [-0.05, 0) is 41.8 Å². The summed E-state index contributed by atoms with van der Waals surface area (Å²) >= 11 is 0. The minimum Gasteiger partial charge on any atom is -0.497 e. The monoisotopic (exact) mass is 414 g/mol. The number of hydrogen-bond donors (Lipinski definition) is 0. The van der Waals surface area contributed by atoms with Crippen LogP contribution in [-0.4, -0.2) is 44.3 Å². The van der Waals surface area contributed by atoms with Crippen LogP contribution in [0.1, 0.15) is 18.4 Å². The second-order valence-corrected chi connectivity index (χ2v) is 8.54. The molecule has 0 saturated carbocycles. The summed E-state index contributed by atoms with van der Waals surface area (Å²) < 4.78 is 11.0. The zero-order valence-electron chi connectivity index (χ0n) is 18.3. The van der Waals surface area contributed by atoms with Gasteiger partial charge in [0, 0.05) is 49.0 Å². The lowest BCUT2D eigenvalue weighted by atomic mass is 9.95. The topological polar surface area (TPSA) is 24.9 Å². The Balaban J connectivity index is 1.41. The number of fused-ring (bicyclic) bond motifs is 5. The molecule has 0 aliphatic carbocycles. The van der Waals surface area contributed by atoms with Crippen molar-refractivity contribution in [3.63, 3.8) is 0 Å². The Hall–Kier alpha value is -2.98. The van der Waals surface area contributed by atoms with Crippen molar-refractivity contribution in [2.45, 2.75) is 31.5 Å². The average molecular weight is 415 g/mol. The quantitative estimate of drug-likeness (QED) is 0.531. The molecular weight excluding hydrogens is 384 g/mol. The van der Waals surface area contributed by atoms with Crippen LogP contribution in [0.25, 0.3) is 10.8 Å². The molecule has 31 heavy (non-hydrogen) atoms. The van der Waals surface area contributed by atoms with Crippen LogP contribution in [0.3, 0.4) is 0 Å². The number of nitrogens with zero attached hydrogens (tertiary/aromatic N) is 2. The van der Waals surface area contributed by atoms with Gasteiger partial charge in [-0.25, -0.2) is 0 Å². The summed E-state index contributed by atoms with van der Waals surface area (Å²) in [5, 5.41) is 2.62. The smallest absolute Gasteiger partial charge is 0.127 e. The molecule has 4 nitrogen and oxygen atoms in total. The molecule has 0 spiro atoms. The first-order chi connectivity index (χ1) is 15.2. The molecule has 0 unspecified atom stereocenters. The van der Waals surface area contributed by atoms with E-state index in [4.69, 9.17) is 9.47 Å². The third-order valence-electron chi connectivity index (χ3n) is 6.73. The summed E-state index contributed by atoms with van der Waals surface area (Å²) in [4.78, 5) is 5.26. The van der Waals surface area contributed by atoms with Crippen LogP contribution in [-0.2, 0) is 6.54 Å². The van der Waals surface area contributed by atoms with Gasteiger partial charge in [-0.1, -0.05) is 48.6 Å². The fraction of sp³-hybridized carbons (Fsp3) is 0.333. The first-order valence-electron chi connectivity index (χ1n) is 11.1. The lowest BCUT2D eigenvalue weighted by Gasteiger charge is -2.48. The molecule has 3 aromatic rings. The van der Waals surface area contributed by atoms with Gasteiger partial charge in [-0.2, -0.15) is 0 Å². The Morgan fingerprint density at radius 2 is 1.61 bits per heavy atom. The maximum absolute atomic E-state index is 5.67. The van der Waals surface area contributed by atoms with Gasteiger partial charge in [0.15, 0.2) is 0 Å². The highest BCUT2D eigenvalue weighted by atomic mass is 16.5. The van der Waals surface area contributed by atoms with Crippen LogP contribution in [0, 0.1) is 0 Å². The van der Waals surface area contributed by atoms with Gasteiger partial charge in [0.25, 0.3) is 0 Å². The van der Waals surface area contributed by atoms with Crippen molar-refractivity contribution < 1.29 is 9.47 Å². The van der Waals surface area contributed by atoms with Crippen molar-refractivity contribution in [1.82, 2.24) is 4.90 Å². The van der Waals surface area contributed by atoms with Crippen LogP contribution < -0.4 is 14.4 Å². The van der Waals surface area contributed by atoms with Gasteiger partial charge in [-0.3, -0.25) is 4.90 Å². The van der Waals surface area contributed by atoms with Gasteiger partial charge < -0.3 is 14.4 Å². The van der Waals surface area contributed by atoms with Crippen molar-refractivity contribution in [2.75, 3.05) is 32.2 Å². The second kappa shape index (κ2) is 8.64. The van der Waals surface area contributed by atoms with Gasteiger partial charge in [0.05, 0.1) is 14.2 Å². The van der Waals surface area contributed by atoms with Crippen LogP contribution >= 0.6 is 0 Å². The van der Waals surface area contributed by atoms with Crippen molar-refractivity contribution in [3.8, 4) is 11.5 Å². The first kappa shape index (κ1) is 20.0. The van der Waals surface area contributed by atoms with Crippen LogP contribution in [0.15, 0.2) is 72.8 Å². The minimum atomic E-state index is 0.471. The average Bonchev–Trinajstić information content (AvgIpc) is 2.80. The minimum absolute atomic E-state index is 0.471. The fourth-order valence-corrected chi connectivity index (χ4v) is 5.01. The maximum Gasteiger partial charge on any atom is 0.127 e. The van der Waals surface area contributed by atoms with E-state index in [1.807, 2.05) is 12.1 Å². The van der Waals surface area contributed by atoms with E-state index in [0.717, 1.165) is 44.0 Å². The van der Waals surface area contributed by atoms with Gasteiger partial charge in [0.2, 0.25) is 0 Å². The third kappa shape index (κ3) is 4.00. The highest BCUT2D eigenvalue weighted by Gasteiger charge is 2.34. The Labute approximate surface area is 184 Å². The number of methoxy groups -OCH3 is 2. The lowest BCUT2D eigenvalue weighted by molar-refractivity contribution is 0.138. The van der Waals surface area contributed by atoms with Gasteiger partial charge in [-0.15, -0.1) is 0 Å². The van der Waals surface area contributed by atoms with Crippen molar-refractivity contribution in [2.24, 2.45) is 0 Å². The summed E-state index contributed by atoms with van der Waals surface area (Å²) in [5.74, 6) is 1.74. The molecule has 1 saturated heterocycles. The summed E-state index contributed by atoms with van der Waals surface area (Å²) in [7, 11) is 3.43. The van der Waals surface area contributed by atoms with Crippen LogP contribution in [0.4, 0.5) is 5.69 Å². The first-order valence-corrected chi connectivity index (χ1v) is 11.1. The van der Waals surface area contributed by atoms with Crippen LogP contribution in [0.2, 0.25) is 0 Å². The van der Waals surface area contributed by atoms with Crippen molar-refractivity contribution >= 4 is 16.5 Å². The van der Waals surface area contributed by atoms with E-state index >= 15 is 0 Å². The molecule has 3 heterocycles. The molecule has 3 aromatic carbocycles. The Morgan fingerprint density at radius 1 is 0.806 bits per heavy atom. The van der Waals surface area contributed by atoms with E-state index < -0.39 is 0 Å². The molecule has 2 atom stereocenters. The van der Waals surface area contributed by atoms with E-state index in [1.165, 1.54) is 22.0 Å². The predicted octanol–water partition coefficient (Wildman–Crippen LogP) is 5.27. The lowest BCUT2D eigenvalue weighted by Crippen LogP contribution is -2.58. The molecule has 0 N–H and O–H groups in total. The highest BCUT2D eigenvalue weighted by molar-refractivity contribution is 5.86. The zero-order valence-corrected chi connectivity index (χ0v) is 18.3. The summed E-state index contributed by atoms with van der Waals surface area (Å²) in [5.41, 5.74) is 2.56. The molecule has 2 bridgehead atoms. The number of benzene rings is 3. The molecule has 0 aromatic heterocycles. The fourth-order valence-electron chi connectivity index (χ4n) is 5.01. The molecule has 160 valence electrons. The maximum atomic E-state index is 5.67. The number of ether oxygens (including phenoxy) is 2.